The fourth-order valence-electron chi connectivity index (χ4n) is 0.944. The number of hydrogen-bond acceptors (Lipinski definition) is 3. The first kappa shape index (κ1) is 5.53. The molecule has 1 heterocycles. The highest BCUT2D eigenvalue weighted by Crippen LogP contribution is 2.20. The normalized spacial score (nSPS) is 22.2. The van der Waals surface area contributed by atoms with Crippen molar-refractivity contribution in [1.82, 2.24) is 5.32 Å². The molecule has 0 unspecified atom stereocenters. The molecule has 1 aliphatic carbocycles. The molecule has 2 rings (SSSR count). The Hall–Kier alpha value is -1.25. The van der Waals surface area contributed by atoms with Crippen molar-refractivity contribution in [2.45, 2.75) is 6.42 Å². The first-order valence-electron chi connectivity index (χ1n) is 3.00. The molecular weight excluding hydrogens is 130 g/mol. The fraction of sp³-hybridized carbons (Fsp3) is 0.143. The molecule has 0 aromatic carbocycles. The lowest BCUT2D eigenvalue weighted by Crippen LogP contribution is -2.14. The van der Waals surface area contributed by atoms with E-state index in [9.17, 15) is 4.79 Å². The van der Waals surface area contributed by atoms with Crippen LogP contribution in [0.2, 0.25) is 0 Å². The Morgan fingerprint density at radius 1 is 1.70 bits per heavy atom. The Labute approximate surface area is 58.4 Å². The highest BCUT2D eigenvalue weighted by molar-refractivity contribution is 5.98. The van der Waals surface area contributed by atoms with Gasteiger partial charge in [0, 0.05) is 6.42 Å². The first-order chi connectivity index (χ1) is 4.88. The van der Waals surface area contributed by atoms with Gasteiger partial charge in [0.25, 0.3) is 0 Å². The zero-order chi connectivity index (χ0) is 6.97. The number of carbonyl (C=O) groups excluding carboxylic acids is 1. The van der Waals surface area contributed by atoms with Crippen LogP contribution in [0.5, 0.6) is 0 Å². The van der Waals surface area contributed by atoms with Crippen LogP contribution in [0.4, 0.5) is 0 Å². The molecule has 2 radical (unpaired) electrons. The number of ketones is 1. The van der Waals surface area contributed by atoms with Gasteiger partial charge >= 0.3 is 6.73 Å². The minimum Gasteiger partial charge on any atom is -0.453 e. The quantitative estimate of drug-likeness (QED) is 0.520. The molecule has 3 nitrogen and oxygen atoms in total. The summed E-state index contributed by atoms with van der Waals surface area (Å²) in [6, 6.07) is 0. The molecular formula is C7H5NO2. The monoisotopic (exact) mass is 135 g/mol. The van der Waals surface area contributed by atoms with E-state index in [0.717, 1.165) is 0 Å². The lowest BCUT2D eigenvalue weighted by Gasteiger charge is -2.02. The highest BCUT2D eigenvalue weighted by atomic mass is 16.5. The van der Waals surface area contributed by atoms with Crippen LogP contribution in [-0.2, 0) is 9.53 Å². The van der Waals surface area contributed by atoms with Gasteiger partial charge in [-0.25, -0.2) is 0 Å². The molecule has 0 bridgehead atoms. The van der Waals surface area contributed by atoms with E-state index in [1.54, 1.807) is 12.2 Å². The number of ether oxygens (including phenoxy) is 1. The van der Waals surface area contributed by atoms with E-state index < -0.39 is 0 Å². The summed E-state index contributed by atoms with van der Waals surface area (Å²) in [7, 11) is 0. The molecule has 0 aromatic heterocycles. The van der Waals surface area contributed by atoms with E-state index >= 15 is 0 Å². The van der Waals surface area contributed by atoms with Crippen LogP contribution in [0, 0.1) is 6.73 Å². The van der Waals surface area contributed by atoms with E-state index in [1.165, 1.54) is 0 Å². The Bertz CT molecular complexity index is 240. The van der Waals surface area contributed by atoms with Crippen molar-refractivity contribution in [2.24, 2.45) is 0 Å². The Morgan fingerprint density at radius 3 is 3.40 bits per heavy atom. The number of carbonyl (C=O) groups is 1. The van der Waals surface area contributed by atoms with E-state index in [1.807, 2.05) is 0 Å². The summed E-state index contributed by atoms with van der Waals surface area (Å²) in [4.78, 5) is 11.0. The third kappa shape index (κ3) is 0.635. The minimum atomic E-state index is 0.0579. The smallest absolute Gasteiger partial charge is 0.312 e. The Morgan fingerprint density at radius 2 is 2.60 bits per heavy atom. The number of hydrogen-bond donors (Lipinski definition) is 1. The van der Waals surface area contributed by atoms with Crippen molar-refractivity contribution in [3.63, 3.8) is 0 Å². The maximum absolute atomic E-state index is 11.0. The maximum atomic E-state index is 11.0. The number of Topliss-reactive ketones (excluding diaryl/α,β-unsaturated/α-hetero) is 1. The van der Waals surface area contributed by atoms with Gasteiger partial charge in [-0.2, -0.15) is 0 Å². The lowest BCUT2D eigenvalue weighted by atomic mass is 10.1. The standard InChI is InChI=1S/C7H5NO2/c9-5-2-1-3-6-7(5)8-4-10-6/h1,3,8H,2H2. The van der Waals surface area contributed by atoms with Crippen molar-refractivity contribution < 1.29 is 9.53 Å². The predicted molar refractivity (Wildman–Crippen MR) is 33.3 cm³/mol. The summed E-state index contributed by atoms with van der Waals surface area (Å²) in [5, 5.41) is 2.61. The Kier molecular flexibility index (Phi) is 1.03. The summed E-state index contributed by atoms with van der Waals surface area (Å²) in [5.74, 6) is 0.638. The van der Waals surface area contributed by atoms with Gasteiger partial charge in [0.1, 0.15) is 11.5 Å². The topological polar surface area (TPSA) is 38.3 Å². The number of nitrogens with one attached hydrogen (secondary N) is 1. The zero-order valence-electron chi connectivity index (χ0n) is 5.18. The van der Waals surface area contributed by atoms with E-state index in [4.69, 9.17) is 4.74 Å². The van der Waals surface area contributed by atoms with Crippen LogP contribution in [0.25, 0.3) is 0 Å². The second-order valence-corrected chi connectivity index (χ2v) is 2.10. The van der Waals surface area contributed by atoms with Gasteiger partial charge in [-0.15, -0.1) is 0 Å². The van der Waals surface area contributed by atoms with Crippen LogP contribution in [0.15, 0.2) is 23.6 Å². The summed E-state index contributed by atoms with van der Waals surface area (Å²) >= 11 is 0. The van der Waals surface area contributed by atoms with Crippen LogP contribution in [-0.4, -0.2) is 5.78 Å². The second kappa shape index (κ2) is 1.87. The lowest BCUT2D eigenvalue weighted by molar-refractivity contribution is -0.115. The zero-order valence-corrected chi connectivity index (χ0v) is 5.18. The average Bonchev–Trinajstić information content (AvgIpc) is 2.36. The van der Waals surface area contributed by atoms with E-state index in [0.29, 0.717) is 17.9 Å². The molecule has 1 aliphatic heterocycles. The molecule has 3 heteroatoms. The molecule has 0 saturated heterocycles. The van der Waals surface area contributed by atoms with Crippen molar-refractivity contribution in [3.8, 4) is 0 Å². The molecule has 0 aromatic rings. The van der Waals surface area contributed by atoms with Gasteiger partial charge in [0.05, 0.1) is 0 Å². The van der Waals surface area contributed by atoms with E-state index in [2.05, 4.69) is 12.0 Å². The molecule has 0 spiro atoms. The van der Waals surface area contributed by atoms with Crippen molar-refractivity contribution in [3.05, 3.63) is 30.3 Å². The van der Waals surface area contributed by atoms with Crippen LogP contribution >= 0.6 is 0 Å². The highest BCUT2D eigenvalue weighted by Gasteiger charge is 2.23. The van der Waals surface area contributed by atoms with Gasteiger partial charge in [0.15, 0.2) is 5.78 Å². The third-order valence-corrected chi connectivity index (χ3v) is 1.43. The summed E-state index contributed by atoms with van der Waals surface area (Å²) in [5.41, 5.74) is 0.530. The molecule has 10 heavy (non-hydrogen) atoms. The molecule has 0 atom stereocenters. The van der Waals surface area contributed by atoms with Gasteiger partial charge in [-0.1, -0.05) is 6.08 Å². The van der Waals surface area contributed by atoms with Crippen molar-refractivity contribution in [2.75, 3.05) is 0 Å². The van der Waals surface area contributed by atoms with Crippen LogP contribution < -0.4 is 5.32 Å². The predicted octanol–water partition coefficient (Wildman–Crippen LogP) is 0.343. The van der Waals surface area contributed by atoms with E-state index in [-0.39, 0.29) is 5.78 Å². The third-order valence-electron chi connectivity index (χ3n) is 1.43. The van der Waals surface area contributed by atoms with Crippen LogP contribution in [0.1, 0.15) is 6.42 Å². The molecule has 1 N–H and O–H groups in total. The maximum Gasteiger partial charge on any atom is 0.312 e. The summed E-state index contributed by atoms with van der Waals surface area (Å²) < 4.78 is 4.84. The largest absolute Gasteiger partial charge is 0.453 e. The SMILES string of the molecule is O=C1CC=CC2=C1N[C]O2. The van der Waals surface area contributed by atoms with Gasteiger partial charge in [-0.3, -0.25) is 4.79 Å². The molecule has 0 fully saturated rings. The minimum absolute atomic E-state index is 0.0579. The number of allylic oxidation sites excluding steroid dienone is 3. The molecule has 50 valence electrons. The fourth-order valence-corrected chi connectivity index (χ4v) is 0.944. The van der Waals surface area contributed by atoms with Gasteiger partial charge in [-0.05, 0) is 6.08 Å². The average molecular weight is 135 g/mol. The molecule has 0 saturated carbocycles. The van der Waals surface area contributed by atoms with Crippen molar-refractivity contribution >= 4 is 5.78 Å². The Balaban J connectivity index is 2.39. The molecule has 2 aliphatic rings. The summed E-state index contributed by atoms with van der Waals surface area (Å²) in [6.07, 6.45) is 4.00. The molecule has 0 amide bonds. The van der Waals surface area contributed by atoms with Gasteiger partial charge < -0.3 is 10.1 Å². The second-order valence-electron chi connectivity index (χ2n) is 2.10. The summed E-state index contributed by atoms with van der Waals surface area (Å²) in [6.45, 7) is 2.40. The van der Waals surface area contributed by atoms with Gasteiger partial charge in [0.2, 0.25) is 0 Å². The first-order valence-corrected chi connectivity index (χ1v) is 3.00. The van der Waals surface area contributed by atoms with Crippen molar-refractivity contribution in [1.29, 1.82) is 0 Å². The number of rotatable bonds is 0. The van der Waals surface area contributed by atoms with Crippen LogP contribution in [0.3, 0.4) is 0 Å².